The smallest absolute Gasteiger partial charge is 0.240 e. The highest BCUT2D eigenvalue weighted by Gasteiger charge is 2.13. The summed E-state index contributed by atoms with van der Waals surface area (Å²) in [7, 11) is -3.50. The van der Waals surface area contributed by atoms with E-state index < -0.39 is 10.0 Å². The molecule has 0 aromatic heterocycles. The molecule has 0 radical (unpaired) electrons. The molecule has 0 aliphatic heterocycles. The Morgan fingerprint density at radius 3 is 2.39 bits per heavy atom. The fourth-order valence-electron chi connectivity index (χ4n) is 2.34. The summed E-state index contributed by atoms with van der Waals surface area (Å²) < 4.78 is 32.8. The molecule has 2 aromatic carbocycles. The summed E-state index contributed by atoms with van der Waals surface area (Å²) >= 11 is 0. The normalized spacial score (nSPS) is 11.5. The Hall–Kier alpha value is -1.85. The number of hydrogen-bond acceptors (Lipinski definition) is 3. The Morgan fingerprint density at radius 1 is 1.00 bits per heavy atom. The van der Waals surface area contributed by atoms with Crippen molar-refractivity contribution in [2.45, 2.75) is 32.6 Å². The van der Waals surface area contributed by atoms with E-state index in [0.717, 1.165) is 28.0 Å². The number of hydrogen-bond donors (Lipinski definition) is 1. The van der Waals surface area contributed by atoms with Crippen LogP contribution in [0.25, 0.3) is 0 Å². The van der Waals surface area contributed by atoms with E-state index in [1.807, 2.05) is 39.8 Å². The van der Waals surface area contributed by atoms with E-state index >= 15 is 0 Å². The van der Waals surface area contributed by atoms with Gasteiger partial charge in [0.25, 0.3) is 0 Å². The van der Waals surface area contributed by atoms with E-state index in [4.69, 9.17) is 4.74 Å². The standard InChI is InChI=1S/C18H23NO3S/c1-13-6-5-7-17(12-13)23(20,21)19-10-11-22-18-15(3)9-8-14(2)16(18)4/h5-9,12,19H,10-11H2,1-4H3. The molecule has 0 aliphatic carbocycles. The molecule has 5 heteroatoms. The molecule has 23 heavy (non-hydrogen) atoms. The van der Waals surface area contributed by atoms with Gasteiger partial charge < -0.3 is 4.74 Å². The van der Waals surface area contributed by atoms with Crippen molar-refractivity contribution in [2.75, 3.05) is 13.2 Å². The molecule has 124 valence electrons. The second-order valence-corrected chi connectivity index (χ2v) is 7.48. The minimum atomic E-state index is -3.50. The van der Waals surface area contributed by atoms with E-state index in [1.165, 1.54) is 0 Å². The maximum Gasteiger partial charge on any atom is 0.240 e. The van der Waals surface area contributed by atoms with Crippen LogP contribution in [0.1, 0.15) is 22.3 Å². The quantitative estimate of drug-likeness (QED) is 0.826. The molecule has 4 nitrogen and oxygen atoms in total. The molecule has 0 amide bonds. The number of nitrogens with one attached hydrogen (secondary N) is 1. The highest BCUT2D eigenvalue weighted by Crippen LogP contribution is 2.25. The molecular formula is C18H23NO3S. The van der Waals surface area contributed by atoms with E-state index in [0.29, 0.717) is 0 Å². The van der Waals surface area contributed by atoms with Gasteiger partial charge in [-0.15, -0.1) is 0 Å². The molecule has 0 spiro atoms. The van der Waals surface area contributed by atoms with Crippen molar-refractivity contribution in [1.82, 2.24) is 4.72 Å². The first-order valence-corrected chi connectivity index (χ1v) is 9.05. The van der Waals surface area contributed by atoms with Gasteiger partial charge in [0.2, 0.25) is 10.0 Å². The zero-order valence-corrected chi connectivity index (χ0v) is 14.8. The molecule has 2 rings (SSSR count). The predicted molar refractivity (Wildman–Crippen MR) is 92.5 cm³/mol. The Morgan fingerprint density at radius 2 is 1.70 bits per heavy atom. The summed E-state index contributed by atoms with van der Waals surface area (Å²) in [4.78, 5) is 0.278. The first kappa shape index (κ1) is 17.5. The summed E-state index contributed by atoms with van der Waals surface area (Å²) in [6.45, 7) is 8.40. The average molecular weight is 333 g/mol. The van der Waals surface area contributed by atoms with Crippen LogP contribution in [0.3, 0.4) is 0 Å². The molecule has 0 atom stereocenters. The van der Waals surface area contributed by atoms with Crippen LogP contribution < -0.4 is 9.46 Å². The van der Waals surface area contributed by atoms with Gasteiger partial charge in [-0.3, -0.25) is 0 Å². The van der Waals surface area contributed by atoms with Crippen LogP contribution in [0.15, 0.2) is 41.3 Å². The Bertz CT molecular complexity index is 798. The van der Waals surface area contributed by atoms with Gasteiger partial charge in [0.1, 0.15) is 12.4 Å². The Balaban J connectivity index is 1.97. The topological polar surface area (TPSA) is 55.4 Å². The monoisotopic (exact) mass is 333 g/mol. The summed E-state index contributed by atoms with van der Waals surface area (Å²) in [5.74, 6) is 0.833. The van der Waals surface area contributed by atoms with Gasteiger partial charge in [-0.05, 0) is 62.1 Å². The lowest BCUT2D eigenvalue weighted by molar-refractivity contribution is 0.318. The van der Waals surface area contributed by atoms with Gasteiger partial charge >= 0.3 is 0 Å². The van der Waals surface area contributed by atoms with Crippen molar-refractivity contribution in [3.05, 3.63) is 58.7 Å². The van der Waals surface area contributed by atoms with E-state index in [2.05, 4.69) is 10.8 Å². The number of benzene rings is 2. The molecule has 0 saturated carbocycles. The number of aryl methyl sites for hydroxylation is 3. The third-order valence-electron chi connectivity index (χ3n) is 3.81. The van der Waals surface area contributed by atoms with Crippen LogP contribution in [0.4, 0.5) is 0 Å². The maximum atomic E-state index is 12.2. The molecule has 0 bridgehead atoms. The Labute approximate surface area is 138 Å². The molecule has 0 heterocycles. The third kappa shape index (κ3) is 4.33. The minimum absolute atomic E-state index is 0.225. The van der Waals surface area contributed by atoms with Crippen molar-refractivity contribution in [1.29, 1.82) is 0 Å². The lowest BCUT2D eigenvalue weighted by Gasteiger charge is -2.14. The minimum Gasteiger partial charge on any atom is -0.492 e. The van der Waals surface area contributed by atoms with E-state index in [-0.39, 0.29) is 18.0 Å². The molecule has 2 aromatic rings. The van der Waals surface area contributed by atoms with Crippen molar-refractivity contribution in [3.63, 3.8) is 0 Å². The van der Waals surface area contributed by atoms with Crippen LogP contribution in [-0.4, -0.2) is 21.6 Å². The van der Waals surface area contributed by atoms with Crippen molar-refractivity contribution >= 4 is 10.0 Å². The number of ether oxygens (including phenoxy) is 1. The van der Waals surface area contributed by atoms with Crippen LogP contribution in [-0.2, 0) is 10.0 Å². The summed E-state index contributed by atoms with van der Waals surface area (Å²) in [6.07, 6.45) is 0. The highest BCUT2D eigenvalue weighted by molar-refractivity contribution is 7.89. The lowest BCUT2D eigenvalue weighted by Crippen LogP contribution is -2.28. The molecule has 0 aliphatic rings. The molecular weight excluding hydrogens is 310 g/mol. The predicted octanol–water partition coefficient (Wildman–Crippen LogP) is 3.28. The SMILES string of the molecule is Cc1cccc(S(=O)(=O)NCCOc2c(C)ccc(C)c2C)c1. The van der Waals surface area contributed by atoms with Gasteiger partial charge in [0.15, 0.2) is 0 Å². The highest BCUT2D eigenvalue weighted by atomic mass is 32.2. The second-order valence-electron chi connectivity index (χ2n) is 5.72. The van der Waals surface area contributed by atoms with Crippen LogP contribution in [0.5, 0.6) is 5.75 Å². The first-order valence-electron chi connectivity index (χ1n) is 7.57. The van der Waals surface area contributed by atoms with Gasteiger partial charge in [-0.2, -0.15) is 0 Å². The maximum absolute atomic E-state index is 12.2. The first-order chi connectivity index (χ1) is 10.8. The number of rotatable bonds is 6. The Kier molecular flexibility index (Phi) is 5.44. The lowest BCUT2D eigenvalue weighted by atomic mass is 10.1. The van der Waals surface area contributed by atoms with Crippen LogP contribution >= 0.6 is 0 Å². The van der Waals surface area contributed by atoms with Crippen LogP contribution in [0, 0.1) is 27.7 Å². The molecule has 0 unspecified atom stereocenters. The van der Waals surface area contributed by atoms with Gasteiger partial charge in [-0.25, -0.2) is 13.1 Å². The number of sulfonamides is 1. The summed E-state index contributed by atoms with van der Waals surface area (Å²) in [6, 6.07) is 10.9. The third-order valence-corrected chi connectivity index (χ3v) is 5.27. The van der Waals surface area contributed by atoms with Crippen LogP contribution in [0.2, 0.25) is 0 Å². The average Bonchev–Trinajstić information content (AvgIpc) is 2.50. The fourth-order valence-corrected chi connectivity index (χ4v) is 3.46. The van der Waals surface area contributed by atoms with Crippen molar-refractivity contribution < 1.29 is 13.2 Å². The summed E-state index contributed by atoms with van der Waals surface area (Å²) in [5.41, 5.74) is 4.21. The van der Waals surface area contributed by atoms with E-state index in [1.54, 1.807) is 18.2 Å². The van der Waals surface area contributed by atoms with Crippen molar-refractivity contribution in [3.8, 4) is 5.75 Å². The molecule has 1 N–H and O–H groups in total. The van der Waals surface area contributed by atoms with E-state index in [9.17, 15) is 8.42 Å². The molecule has 0 saturated heterocycles. The van der Waals surface area contributed by atoms with Gasteiger partial charge in [-0.1, -0.05) is 24.3 Å². The van der Waals surface area contributed by atoms with Crippen molar-refractivity contribution in [2.24, 2.45) is 0 Å². The molecule has 0 fully saturated rings. The zero-order valence-electron chi connectivity index (χ0n) is 14.0. The van der Waals surface area contributed by atoms with Gasteiger partial charge in [0, 0.05) is 6.54 Å². The zero-order chi connectivity index (χ0) is 17.0. The fraction of sp³-hybridized carbons (Fsp3) is 0.333. The second kappa shape index (κ2) is 7.15. The largest absolute Gasteiger partial charge is 0.492 e. The van der Waals surface area contributed by atoms with Gasteiger partial charge in [0.05, 0.1) is 4.90 Å². The summed E-state index contributed by atoms with van der Waals surface area (Å²) in [5, 5.41) is 0.